The highest BCUT2D eigenvalue weighted by Crippen LogP contribution is 2.31. The topological polar surface area (TPSA) is 87.5 Å². The number of hydrogen-bond acceptors (Lipinski definition) is 7. The minimum Gasteiger partial charge on any atom is -0.493 e. The molecule has 1 amide bonds. The van der Waals surface area contributed by atoms with Gasteiger partial charge in [0.05, 0.1) is 25.7 Å². The van der Waals surface area contributed by atoms with Crippen LogP contribution < -0.4 is 19.5 Å². The van der Waals surface area contributed by atoms with Crippen LogP contribution in [0.3, 0.4) is 0 Å². The normalized spacial score (nSPS) is 10.7. The Bertz CT molecular complexity index is 1630. The van der Waals surface area contributed by atoms with E-state index in [2.05, 4.69) is 31.4 Å². The number of methoxy groups -OCH3 is 2. The molecule has 0 radical (unpaired) electrons. The number of thioether (sulfide) groups is 1. The smallest absolute Gasteiger partial charge is 0.234 e. The molecule has 0 atom stereocenters. The predicted molar refractivity (Wildman–Crippen MR) is 164 cm³/mol. The second-order valence-corrected chi connectivity index (χ2v) is 10.6. The number of nitrogens with zero attached hydrogens (tertiary/aromatic N) is 3. The fourth-order valence-corrected chi connectivity index (χ4v) is 5.26. The van der Waals surface area contributed by atoms with Crippen LogP contribution in [-0.2, 0) is 11.2 Å². The maximum Gasteiger partial charge on any atom is 0.234 e. The maximum atomic E-state index is 12.8. The van der Waals surface area contributed by atoms with Gasteiger partial charge in [-0.05, 0) is 82.2 Å². The minimum atomic E-state index is -0.149. The van der Waals surface area contributed by atoms with E-state index in [0.717, 1.165) is 21.5 Å². The Morgan fingerprint density at radius 3 is 2.29 bits per heavy atom. The van der Waals surface area contributed by atoms with Crippen molar-refractivity contribution in [2.75, 3.05) is 25.3 Å². The number of nitrogens with one attached hydrogen (secondary N) is 1. The molecule has 0 aliphatic rings. The third-order valence-electron chi connectivity index (χ3n) is 6.06. The first-order valence-corrected chi connectivity index (χ1v) is 14.5. The Labute approximate surface area is 250 Å². The summed E-state index contributed by atoms with van der Waals surface area (Å²) in [7, 11) is 3.21. The van der Waals surface area contributed by atoms with Gasteiger partial charge >= 0.3 is 0 Å². The van der Waals surface area contributed by atoms with Crippen molar-refractivity contribution in [1.82, 2.24) is 14.8 Å². The second kappa shape index (κ2) is 13.4. The quantitative estimate of drug-likeness (QED) is 0.155. The summed E-state index contributed by atoms with van der Waals surface area (Å²) < 4.78 is 19.6. The molecule has 0 saturated heterocycles. The predicted octanol–water partition coefficient (Wildman–Crippen LogP) is 7.16. The lowest BCUT2D eigenvalue weighted by Crippen LogP contribution is -2.15. The minimum absolute atomic E-state index is 0.149. The number of amides is 1. The molecule has 0 aliphatic heterocycles. The van der Waals surface area contributed by atoms with E-state index in [-0.39, 0.29) is 11.7 Å². The van der Waals surface area contributed by atoms with Crippen molar-refractivity contribution in [2.24, 2.45) is 0 Å². The largest absolute Gasteiger partial charge is 0.493 e. The molecular weight excluding hydrogens is 604 g/mol. The number of anilines is 1. The van der Waals surface area contributed by atoms with E-state index in [9.17, 15) is 4.79 Å². The molecule has 5 rings (SSSR count). The molecular formula is C31H27BrN4O4S. The van der Waals surface area contributed by atoms with Crippen LogP contribution in [0.2, 0.25) is 0 Å². The van der Waals surface area contributed by atoms with Crippen molar-refractivity contribution in [3.63, 3.8) is 0 Å². The zero-order chi connectivity index (χ0) is 28.6. The first kappa shape index (κ1) is 28.3. The Kier molecular flexibility index (Phi) is 9.22. The summed E-state index contributed by atoms with van der Waals surface area (Å²) in [4.78, 5) is 12.8. The van der Waals surface area contributed by atoms with E-state index in [0.29, 0.717) is 40.3 Å². The van der Waals surface area contributed by atoms with Gasteiger partial charge in [0.15, 0.2) is 16.7 Å². The number of benzene rings is 4. The van der Waals surface area contributed by atoms with Gasteiger partial charge in [-0.25, -0.2) is 0 Å². The standard InChI is InChI=1S/C31H27BrN4O4S/c1-38-27-17-12-21(18-28(27)39-2)19-29-34-35-31(41-20-30(37)33-26-11-7-6-10-25(26)32)36(29)22-13-15-24(16-14-22)40-23-8-4-3-5-9-23/h3-18H,19-20H2,1-2H3,(H,33,37). The van der Waals surface area contributed by atoms with Crippen molar-refractivity contribution < 1.29 is 19.0 Å². The fourth-order valence-electron chi connectivity index (χ4n) is 4.11. The molecule has 5 aromatic rings. The summed E-state index contributed by atoms with van der Waals surface area (Å²) in [6, 6.07) is 30.6. The van der Waals surface area contributed by atoms with Gasteiger partial charge < -0.3 is 19.5 Å². The van der Waals surface area contributed by atoms with Gasteiger partial charge in [0.25, 0.3) is 0 Å². The molecule has 0 saturated carbocycles. The highest BCUT2D eigenvalue weighted by atomic mass is 79.9. The molecule has 0 spiro atoms. The lowest BCUT2D eigenvalue weighted by Gasteiger charge is -2.13. The van der Waals surface area contributed by atoms with Crippen molar-refractivity contribution in [3.8, 4) is 28.7 Å². The lowest BCUT2D eigenvalue weighted by atomic mass is 10.1. The SMILES string of the molecule is COc1ccc(Cc2nnc(SCC(=O)Nc3ccccc3Br)n2-c2ccc(Oc3ccccc3)cc2)cc1OC. The van der Waals surface area contributed by atoms with Crippen LogP contribution in [-0.4, -0.2) is 40.6 Å². The number of carbonyl (C=O) groups excluding carboxylic acids is 1. The Balaban J connectivity index is 1.41. The van der Waals surface area contributed by atoms with Gasteiger partial charge in [0.2, 0.25) is 5.91 Å². The number of ether oxygens (including phenoxy) is 3. The van der Waals surface area contributed by atoms with Gasteiger partial charge in [0, 0.05) is 16.6 Å². The molecule has 1 N–H and O–H groups in total. The van der Waals surface area contributed by atoms with E-state index < -0.39 is 0 Å². The molecule has 0 bridgehead atoms. The van der Waals surface area contributed by atoms with E-state index >= 15 is 0 Å². The second-order valence-electron chi connectivity index (χ2n) is 8.83. The van der Waals surface area contributed by atoms with Crippen LogP contribution in [0.15, 0.2) is 107 Å². The number of hydrogen-bond donors (Lipinski definition) is 1. The molecule has 4 aromatic carbocycles. The molecule has 10 heteroatoms. The highest BCUT2D eigenvalue weighted by molar-refractivity contribution is 9.10. The van der Waals surface area contributed by atoms with E-state index in [1.54, 1.807) is 14.2 Å². The van der Waals surface area contributed by atoms with Gasteiger partial charge in [-0.2, -0.15) is 0 Å². The number of rotatable bonds is 11. The third kappa shape index (κ3) is 7.08. The zero-order valence-corrected chi connectivity index (χ0v) is 24.8. The van der Waals surface area contributed by atoms with Crippen LogP contribution in [0, 0.1) is 0 Å². The summed E-state index contributed by atoms with van der Waals surface area (Å²) >= 11 is 4.78. The fraction of sp³-hybridized carbons (Fsp3) is 0.129. The van der Waals surface area contributed by atoms with Crippen molar-refractivity contribution in [1.29, 1.82) is 0 Å². The number of halogens is 1. The van der Waals surface area contributed by atoms with Crippen molar-refractivity contribution >= 4 is 39.3 Å². The molecule has 0 aliphatic carbocycles. The third-order valence-corrected chi connectivity index (χ3v) is 7.69. The summed E-state index contributed by atoms with van der Waals surface area (Å²) in [5.74, 6) is 3.47. The molecule has 0 fully saturated rings. The van der Waals surface area contributed by atoms with Gasteiger partial charge in [-0.1, -0.05) is 48.2 Å². The van der Waals surface area contributed by atoms with Crippen LogP contribution >= 0.6 is 27.7 Å². The summed E-state index contributed by atoms with van der Waals surface area (Å²) in [6.45, 7) is 0. The van der Waals surface area contributed by atoms with Crippen LogP contribution in [0.25, 0.3) is 5.69 Å². The molecule has 208 valence electrons. The lowest BCUT2D eigenvalue weighted by molar-refractivity contribution is -0.113. The number of para-hydroxylation sites is 2. The van der Waals surface area contributed by atoms with E-state index in [1.165, 1.54) is 11.8 Å². The van der Waals surface area contributed by atoms with Gasteiger partial charge in [-0.15, -0.1) is 10.2 Å². The first-order valence-electron chi connectivity index (χ1n) is 12.7. The molecule has 41 heavy (non-hydrogen) atoms. The van der Waals surface area contributed by atoms with Gasteiger partial charge in [-0.3, -0.25) is 9.36 Å². The molecule has 1 aromatic heterocycles. The van der Waals surface area contributed by atoms with Crippen LogP contribution in [0.4, 0.5) is 5.69 Å². The average molecular weight is 632 g/mol. The summed E-state index contributed by atoms with van der Waals surface area (Å²) in [5, 5.41) is 12.5. The Hall–Kier alpha value is -4.28. The first-order chi connectivity index (χ1) is 20.0. The van der Waals surface area contributed by atoms with Crippen LogP contribution in [0.1, 0.15) is 11.4 Å². The van der Waals surface area contributed by atoms with Crippen molar-refractivity contribution in [2.45, 2.75) is 11.6 Å². The highest BCUT2D eigenvalue weighted by Gasteiger charge is 2.18. The molecule has 8 nitrogen and oxygen atoms in total. The zero-order valence-electron chi connectivity index (χ0n) is 22.4. The van der Waals surface area contributed by atoms with E-state index in [4.69, 9.17) is 14.2 Å². The number of carbonyl (C=O) groups is 1. The van der Waals surface area contributed by atoms with E-state index in [1.807, 2.05) is 102 Å². The Morgan fingerprint density at radius 1 is 0.854 bits per heavy atom. The summed E-state index contributed by atoms with van der Waals surface area (Å²) in [5.41, 5.74) is 2.53. The van der Waals surface area contributed by atoms with Crippen LogP contribution in [0.5, 0.6) is 23.0 Å². The average Bonchev–Trinajstić information content (AvgIpc) is 3.40. The summed E-state index contributed by atoms with van der Waals surface area (Å²) in [6.07, 6.45) is 0.485. The molecule has 1 heterocycles. The molecule has 0 unspecified atom stereocenters. The van der Waals surface area contributed by atoms with Gasteiger partial charge in [0.1, 0.15) is 17.3 Å². The number of aromatic nitrogens is 3. The maximum absolute atomic E-state index is 12.8. The Morgan fingerprint density at radius 2 is 1.56 bits per heavy atom. The monoisotopic (exact) mass is 630 g/mol. The van der Waals surface area contributed by atoms with Crippen molar-refractivity contribution in [3.05, 3.63) is 113 Å².